The average Bonchev–Trinajstić information content (AvgIpc) is 3.22. The molecule has 0 spiro atoms. The largest absolute Gasteiger partial charge is 0.507 e. The fourth-order valence-corrected chi connectivity index (χ4v) is 3.98. The maximum Gasteiger partial charge on any atom is 0.191 e. The molecule has 2 bridgehead atoms. The number of piperazine rings is 1. The molecule has 2 saturated heterocycles. The van der Waals surface area contributed by atoms with Crippen LogP contribution in [0.1, 0.15) is 22.3 Å². The van der Waals surface area contributed by atoms with E-state index >= 15 is 0 Å². The highest BCUT2D eigenvalue weighted by atomic mass is 19.1. The minimum Gasteiger partial charge on any atom is -0.507 e. The van der Waals surface area contributed by atoms with Crippen LogP contribution >= 0.6 is 0 Å². The number of anilines is 1. The molecule has 2 aromatic carbocycles. The van der Waals surface area contributed by atoms with Gasteiger partial charge in [0, 0.05) is 37.4 Å². The number of likely N-dealkylation sites (tertiary alicyclic amines) is 1. The van der Waals surface area contributed by atoms with Crippen LogP contribution in [-0.4, -0.2) is 41.0 Å². The number of ketones is 1. The zero-order valence-corrected chi connectivity index (χ0v) is 14.9. The molecule has 2 aliphatic rings. The quantitative estimate of drug-likeness (QED) is 0.659. The van der Waals surface area contributed by atoms with E-state index in [0.717, 1.165) is 24.1 Å². The van der Waals surface area contributed by atoms with Crippen molar-refractivity contribution >= 4 is 11.5 Å². The topological polar surface area (TPSA) is 43.8 Å². The van der Waals surface area contributed by atoms with Gasteiger partial charge in [-0.2, -0.15) is 0 Å². The van der Waals surface area contributed by atoms with Gasteiger partial charge < -0.3 is 14.9 Å². The molecule has 2 aliphatic heterocycles. The Morgan fingerprint density at radius 3 is 2.67 bits per heavy atom. The summed E-state index contributed by atoms with van der Waals surface area (Å²) in [5, 5.41) is 9.73. The van der Waals surface area contributed by atoms with Crippen LogP contribution in [0.15, 0.2) is 48.7 Å². The van der Waals surface area contributed by atoms with Gasteiger partial charge in [0.25, 0.3) is 0 Å². The van der Waals surface area contributed by atoms with Gasteiger partial charge in [0.1, 0.15) is 17.4 Å². The molecule has 0 aromatic heterocycles. The number of allylic oxidation sites excluding steroid dienone is 1. The summed E-state index contributed by atoms with van der Waals surface area (Å²) in [6.45, 7) is 3.24. The Hall–Kier alpha value is -2.89. The number of hydrogen-bond acceptors (Lipinski definition) is 4. The van der Waals surface area contributed by atoms with E-state index in [0.29, 0.717) is 18.8 Å². The predicted molar refractivity (Wildman–Crippen MR) is 98.9 cm³/mol. The lowest BCUT2D eigenvalue weighted by Gasteiger charge is -2.35. The Morgan fingerprint density at radius 1 is 1.15 bits per heavy atom. The first-order valence-corrected chi connectivity index (χ1v) is 8.92. The van der Waals surface area contributed by atoms with Crippen LogP contribution < -0.4 is 4.90 Å². The molecule has 6 heteroatoms. The molecule has 27 heavy (non-hydrogen) atoms. The molecule has 0 saturated carbocycles. The number of carbonyl (C=O) groups excluding carboxylic acids is 1. The van der Waals surface area contributed by atoms with Crippen LogP contribution in [0.4, 0.5) is 14.5 Å². The smallest absolute Gasteiger partial charge is 0.191 e. The Morgan fingerprint density at radius 2 is 1.96 bits per heavy atom. The number of halogens is 2. The zero-order chi connectivity index (χ0) is 19.1. The van der Waals surface area contributed by atoms with Crippen LogP contribution in [0.5, 0.6) is 5.75 Å². The number of aryl methyl sites for hydroxylation is 1. The monoisotopic (exact) mass is 370 g/mol. The van der Waals surface area contributed by atoms with Crippen molar-refractivity contribution < 1.29 is 18.7 Å². The second-order valence-electron chi connectivity index (χ2n) is 7.19. The van der Waals surface area contributed by atoms with Crippen LogP contribution in [0.25, 0.3) is 0 Å². The highest BCUT2D eigenvalue weighted by Gasteiger charge is 2.42. The molecule has 0 unspecified atom stereocenters. The summed E-state index contributed by atoms with van der Waals surface area (Å²) < 4.78 is 27.6. The molecule has 2 aromatic rings. The van der Waals surface area contributed by atoms with Gasteiger partial charge in [-0.1, -0.05) is 6.07 Å². The Kier molecular flexibility index (Phi) is 4.34. The number of aromatic hydroxyl groups is 1. The Bertz CT molecular complexity index is 928. The number of fused-ring (bicyclic) bond motifs is 2. The number of nitrogens with zero attached hydrogens (tertiary/aromatic N) is 2. The second-order valence-corrected chi connectivity index (χ2v) is 7.19. The highest BCUT2D eigenvalue weighted by Crippen LogP contribution is 2.36. The number of rotatable bonds is 4. The maximum absolute atomic E-state index is 14.3. The summed E-state index contributed by atoms with van der Waals surface area (Å²) in [7, 11) is 0. The van der Waals surface area contributed by atoms with Gasteiger partial charge in [0.15, 0.2) is 5.78 Å². The van der Waals surface area contributed by atoms with E-state index < -0.39 is 11.6 Å². The SMILES string of the molecule is Cc1ccc(N2C[C@H]3C[C@@H]2CN3/C=C/C(=O)c2cc(F)ccc2O)c(F)c1. The van der Waals surface area contributed by atoms with Gasteiger partial charge in [-0.15, -0.1) is 0 Å². The number of benzene rings is 2. The summed E-state index contributed by atoms with van der Waals surface area (Å²) >= 11 is 0. The molecule has 1 N–H and O–H groups in total. The first-order chi connectivity index (χ1) is 12.9. The van der Waals surface area contributed by atoms with Crippen LogP contribution in [0.3, 0.4) is 0 Å². The number of carbonyl (C=O) groups is 1. The van der Waals surface area contributed by atoms with Gasteiger partial charge in [0.2, 0.25) is 0 Å². The first-order valence-electron chi connectivity index (χ1n) is 8.92. The molecule has 0 aliphatic carbocycles. The average molecular weight is 370 g/mol. The molecule has 2 atom stereocenters. The number of phenols is 1. The summed E-state index contributed by atoms with van der Waals surface area (Å²) in [6, 6.07) is 8.96. The van der Waals surface area contributed by atoms with Crippen molar-refractivity contribution in [2.24, 2.45) is 0 Å². The highest BCUT2D eigenvalue weighted by molar-refractivity contribution is 6.06. The van der Waals surface area contributed by atoms with Gasteiger partial charge in [-0.25, -0.2) is 8.78 Å². The predicted octanol–water partition coefficient (Wildman–Crippen LogP) is 3.64. The first kappa shape index (κ1) is 17.5. The van der Waals surface area contributed by atoms with Crippen LogP contribution in [0.2, 0.25) is 0 Å². The van der Waals surface area contributed by atoms with Gasteiger partial charge in [0.05, 0.1) is 11.3 Å². The van der Waals surface area contributed by atoms with Crippen molar-refractivity contribution in [2.45, 2.75) is 25.4 Å². The standard InChI is InChI=1S/C21H20F2N2O2/c1-13-2-4-19(18(23)8-13)25-12-15-10-16(25)11-24(15)7-6-21(27)17-9-14(22)3-5-20(17)26/h2-9,15-16,26H,10-12H2,1H3/b7-6+/t15-,16-/m1/s1. The number of phenolic OH excluding ortho intramolecular Hbond substituents is 1. The number of hydrogen-bond donors (Lipinski definition) is 1. The summed E-state index contributed by atoms with van der Waals surface area (Å²) in [5.74, 6) is -1.46. The summed E-state index contributed by atoms with van der Waals surface area (Å²) in [5.41, 5.74) is 1.46. The van der Waals surface area contributed by atoms with Crippen molar-refractivity contribution in [1.82, 2.24) is 4.90 Å². The molecule has 0 radical (unpaired) electrons. The third-order valence-electron chi connectivity index (χ3n) is 5.34. The van der Waals surface area contributed by atoms with Gasteiger partial charge in [-0.05, 0) is 49.2 Å². The van der Waals surface area contributed by atoms with Crippen molar-refractivity contribution in [1.29, 1.82) is 0 Å². The third-order valence-corrected chi connectivity index (χ3v) is 5.34. The molecule has 4 rings (SSSR count). The van der Waals surface area contributed by atoms with E-state index in [-0.39, 0.29) is 29.2 Å². The van der Waals surface area contributed by atoms with Crippen LogP contribution in [0, 0.1) is 18.6 Å². The molecular formula is C21H20F2N2O2. The minimum absolute atomic E-state index is 0.0565. The second kappa shape index (κ2) is 6.68. The summed E-state index contributed by atoms with van der Waals surface area (Å²) in [6.07, 6.45) is 3.95. The van der Waals surface area contributed by atoms with E-state index in [4.69, 9.17) is 0 Å². The van der Waals surface area contributed by atoms with E-state index in [1.165, 1.54) is 12.1 Å². The van der Waals surface area contributed by atoms with Crippen molar-refractivity contribution in [3.8, 4) is 5.75 Å². The summed E-state index contributed by atoms with van der Waals surface area (Å²) in [4.78, 5) is 16.4. The normalized spacial score (nSPS) is 21.4. The Labute approximate surface area is 156 Å². The van der Waals surface area contributed by atoms with E-state index in [1.54, 1.807) is 12.3 Å². The van der Waals surface area contributed by atoms with E-state index in [9.17, 15) is 18.7 Å². The Balaban J connectivity index is 1.44. The molecule has 2 fully saturated rings. The van der Waals surface area contributed by atoms with E-state index in [2.05, 4.69) is 9.80 Å². The van der Waals surface area contributed by atoms with Gasteiger partial charge in [-0.3, -0.25) is 4.79 Å². The lowest BCUT2D eigenvalue weighted by atomic mass is 10.1. The lowest BCUT2D eigenvalue weighted by molar-refractivity contribution is 0.104. The fraction of sp³-hybridized carbons (Fsp3) is 0.286. The van der Waals surface area contributed by atoms with E-state index in [1.807, 2.05) is 19.1 Å². The third kappa shape index (κ3) is 3.27. The molecule has 2 heterocycles. The maximum atomic E-state index is 14.3. The minimum atomic E-state index is -0.569. The molecular weight excluding hydrogens is 350 g/mol. The van der Waals surface area contributed by atoms with Gasteiger partial charge >= 0.3 is 0 Å². The molecule has 140 valence electrons. The van der Waals surface area contributed by atoms with Crippen molar-refractivity contribution in [2.75, 3.05) is 18.0 Å². The molecule has 0 amide bonds. The van der Waals surface area contributed by atoms with Crippen molar-refractivity contribution in [3.05, 3.63) is 71.4 Å². The van der Waals surface area contributed by atoms with Crippen LogP contribution in [-0.2, 0) is 0 Å². The molecule has 4 nitrogen and oxygen atoms in total. The zero-order valence-electron chi connectivity index (χ0n) is 14.9. The fourth-order valence-electron chi connectivity index (χ4n) is 3.98. The van der Waals surface area contributed by atoms with Crippen molar-refractivity contribution in [3.63, 3.8) is 0 Å². The lowest BCUT2D eigenvalue weighted by Crippen LogP contribution is -2.44.